The molecule has 1 rings (SSSR count). The molecule has 0 fully saturated rings. The Morgan fingerprint density at radius 1 is 1.21 bits per heavy atom. The van der Waals surface area contributed by atoms with E-state index in [1.807, 2.05) is 0 Å². The molecular formula is C15H24F2N2. The number of likely N-dealkylation sites (N-methyl/N-ethyl adjacent to an activating group) is 2. The minimum absolute atomic E-state index is 0.201. The van der Waals surface area contributed by atoms with Crippen molar-refractivity contribution < 1.29 is 8.78 Å². The summed E-state index contributed by atoms with van der Waals surface area (Å²) in [5.74, 6) is -1.05. The van der Waals surface area contributed by atoms with E-state index in [1.54, 1.807) is 7.05 Å². The van der Waals surface area contributed by atoms with Crippen molar-refractivity contribution in [3.8, 4) is 0 Å². The molecule has 0 heterocycles. The standard InChI is InChI=1S/C15H24F2N2/c1-6-19(7-2)15(3,4)14(18-5)12-9-8-11(16)10-13(12)17/h8-10,14,18H,6-7H2,1-5H3. The molecule has 1 aromatic rings. The average Bonchev–Trinajstić information content (AvgIpc) is 2.33. The minimum Gasteiger partial charge on any atom is -0.311 e. The van der Waals surface area contributed by atoms with E-state index in [9.17, 15) is 8.78 Å². The third-order valence-electron chi connectivity index (χ3n) is 3.85. The molecule has 108 valence electrons. The van der Waals surface area contributed by atoms with E-state index in [-0.39, 0.29) is 11.6 Å². The van der Waals surface area contributed by atoms with Gasteiger partial charge in [-0.1, -0.05) is 19.9 Å². The fourth-order valence-corrected chi connectivity index (χ4v) is 2.85. The van der Waals surface area contributed by atoms with Crippen LogP contribution in [0.25, 0.3) is 0 Å². The maximum absolute atomic E-state index is 14.0. The van der Waals surface area contributed by atoms with Gasteiger partial charge in [-0.15, -0.1) is 0 Å². The van der Waals surface area contributed by atoms with Gasteiger partial charge in [0.2, 0.25) is 0 Å². The third-order valence-corrected chi connectivity index (χ3v) is 3.85. The van der Waals surface area contributed by atoms with Crippen LogP contribution in [0.3, 0.4) is 0 Å². The molecule has 1 aromatic carbocycles. The van der Waals surface area contributed by atoms with E-state index in [4.69, 9.17) is 0 Å². The van der Waals surface area contributed by atoms with Crippen molar-refractivity contribution in [1.29, 1.82) is 0 Å². The predicted molar refractivity (Wildman–Crippen MR) is 75.2 cm³/mol. The first kappa shape index (κ1) is 16.1. The maximum atomic E-state index is 14.0. The van der Waals surface area contributed by atoms with E-state index in [0.717, 1.165) is 19.2 Å². The van der Waals surface area contributed by atoms with Crippen molar-refractivity contribution in [3.05, 3.63) is 35.4 Å². The highest BCUT2D eigenvalue weighted by atomic mass is 19.1. The largest absolute Gasteiger partial charge is 0.311 e. The van der Waals surface area contributed by atoms with Gasteiger partial charge in [-0.2, -0.15) is 0 Å². The quantitative estimate of drug-likeness (QED) is 0.853. The monoisotopic (exact) mass is 270 g/mol. The van der Waals surface area contributed by atoms with Gasteiger partial charge in [0.25, 0.3) is 0 Å². The number of halogens is 2. The van der Waals surface area contributed by atoms with Crippen LogP contribution in [0.1, 0.15) is 39.3 Å². The highest BCUT2D eigenvalue weighted by Gasteiger charge is 2.35. The Kier molecular flexibility index (Phi) is 5.44. The highest BCUT2D eigenvalue weighted by Crippen LogP contribution is 2.32. The van der Waals surface area contributed by atoms with Crippen molar-refractivity contribution >= 4 is 0 Å². The molecule has 0 aliphatic heterocycles. The molecular weight excluding hydrogens is 246 g/mol. The molecule has 0 aliphatic rings. The molecule has 0 radical (unpaired) electrons. The van der Waals surface area contributed by atoms with Crippen molar-refractivity contribution in [2.45, 2.75) is 39.3 Å². The van der Waals surface area contributed by atoms with Crippen LogP contribution in [0.15, 0.2) is 18.2 Å². The first-order valence-electron chi connectivity index (χ1n) is 6.75. The first-order chi connectivity index (χ1) is 8.88. The lowest BCUT2D eigenvalue weighted by Gasteiger charge is -2.43. The van der Waals surface area contributed by atoms with Crippen molar-refractivity contribution in [1.82, 2.24) is 10.2 Å². The fourth-order valence-electron chi connectivity index (χ4n) is 2.85. The van der Waals surface area contributed by atoms with Crippen LogP contribution in [0.4, 0.5) is 8.78 Å². The molecule has 0 bridgehead atoms. The van der Waals surface area contributed by atoms with Crippen molar-refractivity contribution in [2.75, 3.05) is 20.1 Å². The highest BCUT2D eigenvalue weighted by molar-refractivity contribution is 5.25. The summed E-state index contributed by atoms with van der Waals surface area (Å²) < 4.78 is 27.0. The van der Waals surface area contributed by atoms with Crippen LogP contribution < -0.4 is 5.32 Å². The normalized spacial score (nSPS) is 13.9. The number of hydrogen-bond acceptors (Lipinski definition) is 2. The number of nitrogens with one attached hydrogen (secondary N) is 1. The van der Waals surface area contributed by atoms with Crippen LogP contribution in [-0.2, 0) is 0 Å². The van der Waals surface area contributed by atoms with Crippen LogP contribution in [0, 0.1) is 11.6 Å². The van der Waals surface area contributed by atoms with E-state index < -0.39 is 11.6 Å². The van der Waals surface area contributed by atoms with Crippen LogP contribution in [0.5, 0.6) is 0 Å². The Balaban J connectivity index is 3.18. The summed E-state index contributed by atoms with van der Waals surface area (Å²) in [5.41, 5.74) is 0.234. The smallest absolute Gasteiger partial charge is 0.130 e. The number of nitrogens with zero attached hydrogens (tertiary/aromatic N) is 1. The average molecular weight is 270 g/mol. The van der Waals surface area contributed by atoms with E-state index >= 15 is 0 Å². The van der Waals surface area contributed by atoms with Crippen LogP contribution in [-0.4, -0.2) is 30.6 Å². The van der Waals surface area contributed by atoms with Gasteiger partial charge in [0.05, 0.1) is 6.04 Å². The molecule has 0 amide bonds. The molecule has 0 saturated heterocycles. The Morgan fingerprint density at radius 3 is 2.21 bits per heavy atom. The molecule has 19 heavy (non-hydrogen) atoms. The van der Waals surface area contributed by atoms with Gasteiger partial charge in [-0.3, -0.25) is 4.90 Å². The molecule has 0 aromatic heterocycles. The summed E-state index contributed by atoms with van der Waals surface area (Å²) in [6.45, 7) is 10.1. The molecule has 0 spiro atoms. The van der Waals surface area contributed by atoms with Gasteiger partial charge < -0.3 is 5.32 Å². The van der Waals surface area contributed by atoms with Gasteiger partial charge in [0.1, 0.15) is 11.6 Å². The molecule has 2 nitrogen and oxygen atoms in total. The third kappa shape index (κ3) is 3.31. The van der Waals surface area contributed by atoms with Gasteiger partial charge in [-0.25, -0.2) is 8.78 Å². The van der Waals surface area contributed by atoms with E-state index in [1.165, 1.54) is 12.1 Å². The number of hydrogen-bond donors (Lipinski definition) is 1. The lowest BCUT2D eigenvalue weighted by Crippen LogP contribution is -2.52. The predicted octanol–water partition coefficient (Wildman–Crippen LogP) is 3.35. The summed E-state index contributed by atoms with van der Waals surface area (Å²) in [5, 5.41) is 3.16. The van der Waals surface area contributed by atoms with Gasteiger partial charge in [0, 0.05) is 17.2 Å². The van der Waals surface area contributed by atoms with E-state index in [2.05, 4.69) is 37.9 Å². The fraction of sp³-hybridized carbons (Fsp3) is 0.600. The minimum atomic E-state index is -0.545. The van der Waals surface area contributed by atoms with Gasteiger partial charge in [0.15, 0.2) is 0 Å². The second-order valence-electron chi connectivity index (χ2n) is 5.21. The summed E-state index contributed by atoms with van der Waals surface area (Å²) in [6, 6.07) is 3.57. The molecule has 4 heteroatoms. The van der Waals surface area contributed by atoms with Crippen LogP contribution in [0.2, 0.25) is 0 Å². The summed E-state index contributed by atoms with van der Waals surface area (Å²) in [4.78, 5) is 2.26. The Labute approximate surface area is 114 Å². The summed E-state index contributed by atoms with van der Waals surface area (Å²) >= 11 is 0. The van der Waals surface area contributed by atoms with Gasteiger partial charge in [-0.05, 0) is 40.1 Å². The maximum Gasteiger partial charge on any atom is 0.130 e. The summed E-state index contributed by atoms with van der Waals surface area (Å²) in [6.07, 6.45) is 0. The Bertz CT molecular complexity index is 415. The number of rotatable bonds is 6. The summed E-state index contributed by atoms with van der Waals surface area (Å²) in [7, 11) is 1.80. The zero-order chi connectivity index (χ0) is 14.6. The molecule has 1 unspecified atom stereocenters. The van der Waals surface area contributed by atoms with Crippen molar-refractivity contribution in [2.24, 2.45) is 0 Å². The zero-order valence-electron chi connectivity index (χ0n) is 12.4. The van der Waals surface area contributed by atoms with Crippen LogP contribution >= 0.6 is 0 Å². The van der Waals surface area contributed by atoms with E-state index in [0.29, 0.717) is 5.56 Å². The SMILES string of the molecule is CCN(CC)C(C)(C)C(NC)c1ccc(F)cc1F. The lowest BCUT2D eigenvalue weighted by molar-refractivity contribution is 0.0929. The molecule has 0 saturated carbocycles. The second-order valence-corrected chi connectivity index (χ2v) is 5.21. The number of benzene rings is 1. The van der Waals surface area contributed by atoms with Gasteiger partial charge >= 0.3 is 0 Å². The molecule has 1 atom stereocenters. The lowest BCUT2D eigenvalue weighted by atomic mass is 9.86. The topological polar surface area (TPSA) is 15.3 Å². The second kappa shape index (κ2) is 6.44. The van der Waals surface area contributed by atoms with Crippen molar-refractivity contribution in [3.63, 3.8) is 0 Å². The zero-order valence-corrected chi connectivity index (χ0v) is 12.4. The Hall–Kier alpha value is -1.00. The molecule has 1 N–H and O–H groups in total. The first-order valence-corrected chi connectivity index (χ1v) is 6.75. The molecule has 0 aliphatic carbocycles. The Morgan fingerprint density at radius 2 is 1.79 bits per heavy atom.